The first-order valence-electron chi connectivity index (χ1n) is 1.91. The molecule has 0 aromatic rings. The van der Waals surface area contributed by atoms with E-state index in [4.69, 9.17) is 0 Å². The van der Waals surface area contributed by atoms with Crippen molar-refractivity contribution in [2.45, 2.75) is 0 Å². The minimum atomic E-state index is -0.615. The summed E-state index contributed by atoms with van der Waals surface area (Å²) in [4.78, 5) is 13.4. The number of hydrogen-bond acceptors (Lipinski definition) is 4. The molecule has 0 aromatic heterocycles. The molecule has 8 heavy (non-hydrogen) atoms. The van der Waals surface area contributed by atoms with Gasteiger partial charge in [0.25, 0.3) is 0 Å². The largest absolute Gasteiger partial charge is 0.444 e. The van der Waals surface area contributed by atoms with Crippen LogP contribution >= 0.6 is 0 Å². The second-order valence-corrected chi connectivity index (χ2v) is 1.15. The van der Waals surface area contributed by atoms with Gasteiger partial charge < -0.3 is 4.84 Å². The fourth-order valence-electron chi connectivity index (χ4n) is 0.332. The van der Waals surface area contributed by atoms with E-state index in [1.54, 1.807) is 0 Å². The minimum Gasteiger partial charge on any atom is -0.344 e. The van der Waals surface area contributed by atoms with Gasteiger partial charge in [0.15, 0.2) is 0 Å². The van der Waals surface area contributed by atoms with Crippen LogP contribution in [0, 0.1) is 16.7 Å². The van der Waals surface area contributed by atoms with Gasteiger partial charge in [-0.3, -0.25) is 10.1 Å². The molecule has 0 unspecified atom stereocenters. The third-order valence-electron chi connectivity index (χ3n) is 0.637. The first-order chi connectivity index (χ1) is 3.80. The van der Waals surface area contributed by atoms with E-state index in [0.717, 1.165) is 0 Å². The van der Waals surface area contributed by atoms with E-state index < -0.39 is 4.92 Å². The van der Waals surface area contributed by atoms with Crippen LogP contribution in [0.4, 0.5) is 0 Å². The first-order valence-corrected chi connectivity index (χ1v) is 1.91. The van der Waals surface area contributed by atoms with Crippen molar-refractivity contribution in [3.05, 3.63) is 28.6 Å². The highest BCUT2D eigenvalue weighted by molar-refractivity contribution is 4.96. The van der Waals surface area contributed by atoms with Crippen molar-refractivity contribution < 1.29 is 9.76 Å². The van der Waals surface area contributed by atoms with E-state index in [9.17, 15) is 10.1 Å². The Balaban J connectivity index is 2.57. The van der Waals surface area contributed by atoms with Crippen LogP contribution in [-0.4, -0.2) is 4.92 Å². The van der Waals surface area contributed by atoms with Crippen LogP contribution in [0.15, 0.2) is 12.0 Å². The molecule has 43 valence electrons. The summed E-state index contributed by atoms with van der Waals surface area (Å²) in [5.41, 5.74) is 2.19. The molecular formula is C3H3N2O3. The molecule has 1 aliphatic rings. The highest BCUT2D eigenvalue weighted by Crippen LogP contribution is 2.02. The maximum Gasteiger partial charge on any atom is 0.444 e. The molecule has 0 saturated carbocycles. The Kier molecular flexibility index (Phi) is 1.13. The first kappa shape index (κ1) is 5.04. The molecule has 1 aliphatic heterocycles. The van der Waals surface area contributed by atoms with Gasteiger partial charge in [-0.05, 0) is 0 Å². The Morgan fingerprint density at radius 2 is 2.62 bits per heavy atom. The molecule has 0 aromatic carbocycles. The van der Waals surface area contributed by atoms with E-state index in [0.29, 0.717) is 0 Å². The molecule has 1 radical (unpaired) electrons. The summed E-state index contributed by atoms with van der Waals surface area (Å²) in [5, 5.41) is 9.75. The second kappa shape index (κ2) is 1.79. The molecule has 0 bridgehead atoms. The van der Waals surface area contributed by atoms with Crippen LogP contribution in [0.3, 0.4) is 0 Å². The lowest BCUT2D eigenvalue weighted by Gasteiger charge is -1.88. The quantitative estimate of drug-likeness (QED) is 0.379. The van der Waals surface area contributed by atoms with E-state index in [1.807, 2.05) is 0 Å². The lowest BCUT2D eigenvalue weighted by Crippen LogP contribution is -2.05. The number of nitro groups is 1. The summed E-state index contributed by atoms with van der Waals surface area (Å²) in [6.07, 6.45) is 1.24. The third-order valence-corrected chi connectivity index (χ3v) is 0.637. The molecule has 1 N–H and O–H groups in total. The van der Waals surface area contributed by atoms with Gasteiger partial charge in [0.1, 0.15) is 4.92 Å². The van der Waals surface area contributed by atoms with Crippen LogP contribution < -0.4 is 5.48 Å². The van der Waals surface area contributed by atoms with Crippen molar-refractivity contribution in [3.8, 4) is 0 Å². The van der Waals surface area contributed by atoms with Crippen LogP contribution in [0.25, 0.3) is 0 Å². The number of rotatable bonds is 1. The van der Waals surface area contributed by atoms with Gasteiger partial charge in [-0.15, -0.1) is 5.48 Å². The number of nitrogens with zero attached hydrogens (tertiary/aromatic N) is 1. The normalized spacial score (nSPS) is 17.2. The van der Waals surface area contributed by atoms with Gasteiger partial charge in [0, 0.05) is 0 Å². The SMILES string of the molecule is O=[N+]([O-])C1=C[CH]NO1. The summed E-state index contributed by atoms with van der Waals surface area (Å²) >= 11 is 0. The molecule has 0 fully saturated rings. The fourth-order valence-corrected chi connectivity index (χ4v) is 0.332. The van der Waals surface area contributed by atoms with Gasteiger partial charge in [-0.2, -0.15) is 0 Å². The van der Waals surface area contributed by atoms with Gasteiger partial charge in [0.05, 0.1) is 12.6 Å². The molecule has 5 heteroatoms. The number of hydrogen-bond donors (Lipinski definition) is 1. The van der Waals surface area contributed by atoms with Crippen LogP contribution in [0.1, 0.15) is 0 Å². The molecule has 1 heterocycles. The summed E-state index contributed by atoms with van der Waals surface area (Å²) < 4.78 is 0. The summed E-state index contributed by atoms with van der Waals surface area (Å²) in [7, 11) is 0. The van der Waals surface area contributed by atoms with Crippen molar-refractivity contribution in [3.63, 3.8) is 0 Å². The highest BCUT2D eigenvalue weighted by atomic mass is 16.7. The maximum absolute atomic E-state index is 9.75. The van der Waals surface area contributed by atoms with Gasteiger partial charge in [-0.1, -0.05) is 0 Å². The third kappa shape index (κ3) is 0.760. The zero-order chi connectivity index (χ0) is 5.98. The van der Waals surface area contributed by atoms with E-state index in [-0.39, 0.29) is 5.88 Å². The molecule has 0 amide bonds. The molecule has 1 rings (SSSR count). The predicted octanol–water partition coefficient (Wildman–Crippen LogP) is -0.199. The smallest absolute Gasteiger partial charge is 0.344 e. The van der Waals surface area contributed by atoms with E-state index >= 15 is 0 Å². The van der Waals surface area contributed by atoms with E-state index in [2.05, 4.69) is 10.3 Å². The van der Waals surface area contributed by atoms with Crippen molar-refractivity contribution in [1.82, 2.24) is 5.48 Å². The minimum absolute atomic E-state index is 0.273. The summed E-state index contributed by atoms with van der Waals surface area (Å²) in [5.74, 6) is -0.273. The van der Waals surface area contributed by atoms with Crippen LogP contribution in [-0.2, 0) is 4.84 Å². The van der Waals surface area contributed by atoms with Crippen molar-refractivity contribution in [1.29, 1.82) is 0 Å². The molecule has 0 aliphatic carbocycles. The Morgan fingerprint density at radius 1 is 1.88 bits per heavy atom. The highest BCUT2D eigenvalue weighted by Gasteiger charge is 2.16. The van der Waals surface area contributed by atoms with Crippen molar-refractivity contribution in [2.24, 2.45) is 0 Å². The molecule has 5 nitrogen and oxygen atoms in total. The summed E-state index contributed by atoms with van der Waals surface area (Å²) in [6.45, 7) is 1.35. The summed E-state index contributed by atoms with van der Waals surface area (Å²) in [6, 6.07) is 0. The monoisotopic (exact) mass is 115 g/mol. The van der Waals surface area contributed by atoms with Crippen LogP contribution in [0.5, 0.6) is 0 Å². The second-order valence-electron chi connectivity index (χ2n) is 1.15. The molecule has 0 atom stereocenters. The Bertz CT molecular complexity index is 141. The fraction of sp³-hybridized carbons (Fsp3) is 0. The standard InChI is InChI=1S/C3H3N2O3/c6-5(7)3-1-2-4-8-3/h1-2,4H. The van der Waals surface area contributed by atoms with Crippen molar-refractivity contribution in [2.75, 3.05) is 0 Å². The Labute approximate surface area is 45.0 Å². The van der Waals surface area contributed by atoms with Crippen LogP contribution in [0.2, 0.25) is 0 Å². The maximum atomic E-state index is 9.75. The average Bonchev–Trinajstić information content (AvgIpc) is 2.12. The lowest BCUT2D eigenvalue weighted by molar-refractivity contribution is -0.465. The van der Waals surface area contributed by atoms with Gasteiger partial charge in [-0.25, -0.2) is 0 Å². The predicted molar refractivity (Wildman–Crippen MR) is 23.6 cm³/mol. The van der Waals surface area contributed by atoms with Gasteiger partial charge >= 0.3 is 5.88 Å². The number of nitrogens with one attached hydrogen (secondary N) is 1. The zero-order valence-electron chi connectivity index (χ0n) is 3.83. The lowest BCUT2D eigenvalue weighted by atomic mass is 10.6. The molecule has 0 spiro atoms. The average molecular weight is 115 g/mol. The molecular weight excluding hydrogens is 112 g/mol. The number of hydroxylamine groups is 1. The molecule has 0 saturated heterocycles. The van der Waals surface area contributed by atoms with Crippen molar-refractivity contribution >= 4 is 0 Å². The Hall–Kier alpha value is -1.10. The Morgan fingerprint density at radius 3 is 2.88 bits per heavy atom. The van der Waals surface area contributed by atoms with Gasteiger partial charge in [0.2, 0.25) is 0 Å². The topological polar surface area (TPSA) is 64.4 Å². The zero-order valence-corrected chi connectivity index (χ0v) is 3.83. The van der Waals surface area contributed by atoms with E-state index in [1.165, 1.54) is 12.6 Å².